The summed E-state index contributed by atoms with van der Waals surface area (Å²) in [5.74, 6) is 2.79. The molecule has 0 nitrogen and oxygen atoms in total. The van der Waals surface area contributed by atoms with E-state index in [2.05, 4.69) is 23.5 Å². The van der Waals surface area contributed by atoms with Crippen LogP contribution in [0.1, 0.15) is 6.42 Å². The van der Waals surface area contributed by atoms with Gasteiger partial charge in [0.1, 0.15) is 0 Å². The molecule has 0 aromatic rings. The summed E-state index contributed by atoms with van der Waals surface area (Å²) in [7, 11) is 0. The molecule has 1 radical (unpaired) electrons. The molecule has 0 amide bonds. The summed E-state index contributed by atoms with van der Waals surface area (Å²) in [5, 5.41) is 1.33. The largest absolute Gasteiger partial charge is 0.151 e. The molecule has 1 rings (SSSR count). The van der Waals surface area contributed by atoms with Crippen molar-refractivity contribution >= 4 is 42.4 Å². The summed E-state index contributed by atoms with van der Waals surface area (Å²) >= 11 is 4.12. The van der Waals surface area contributed by atoms with Gasteiger partial charge in [-0.15, -0.1) is 0 Å². The molecule has 1 aliphatic rings. The van der Waals surface area contributed by atoms with E-state index in [4.69, 9.17) is 0 Å². The van der Waals surface area contributed by atoms with Gasteiger partial charge in [-0.2, -0.15) is 23.5 Å². The van der Waals surface area contributed by atoms with Gasteiger partial charge in [0.2, 0.25) is 0 Å². The Kier molecular flexibility index (Phi) is 6.44. The topological polar surface area (TPSA) is 0 Å². The van der Waals surface area contributed by atoms with E-state index in [9.17, 15) is 0 Å². The predicted octanol–water partition coefficient (Wildman–Crippen LogP) is 1.43. The zero-order valence-corrected chi connectivity index (χ0v) is 6.28. The van der Waals surface area contributed by atoms with E-state index in [1.807, 2.05) is 0 Å². The van der Waals surface area contributed by atoms with Crippen molar-refractivity contribution in [3.63, 3.8) is 0 Å². The molecule has 1 fully saturated rings. The van der Waals surface area contributed by atoms with Gasteiger partial charge < -0.3 is 0 Å². The minimum atomic E-state index is 0. The molecule has 1 heterocycles. The summed E-state index contributed by atoms with van der Waals surface area (Å²) in [5.41, 5.74) is 0. The Bertz CT molecular complexity index is 25.2. The van der Waals surface area contributed by atoms with Crippen molar-refractivity contribution in [2.75, 3.05) is 16.6 Å². The van der Waals surface area contributed by atoms with Crippen molar-refractivity contribution in [1.82, 2.24) is 0 Å². The van der Waals surface area contributed by atoms with Crippen LogP contribution in [0.4, 0.5) is 0 Å². The van der Waals surface area contributed by atoms with E-state index in [1.54, 1.807) is 0 Å². The standard InChI is InChI=1S/C4H8S2.Li/c1-2-5-4-6-3-1;/h1-4H2;. The molecule has 0 bridgehead atoms. The van der Waals surface area contributed by atoms with Crippen LogP contribution in [0.3, 0.4) is 0 Å². The van der Waals surface area contributed by atoms with Crippen molar-refractivity contribution in [1.29, 1.82) is 0 Å². The fourth-order valence-corrected chi connectivity index (χ4v) is 2.73. The Morgan fingerprint density at radius 2 is 1.57 bits per heavy atom. The average molecular weight is 127 g/mol. The van der Waals surface area contributed by atoms with E-state index in [0.29, 0.717) is 0 Å². The van der Waals surface area contributed by atoms with Crippen molar-refractivity contribution in [2.24, 2.45) is 0 Å². The van der Waals surface area contributed by atoms with Gasteiger partial charge >= 0.3 is 0 Å². The molecular weight excluding hydrogens is 119 g/mol. The first kappa shape index (κ1) is 8.30. The third kappa shape index (κ3) is 3.85. The second-order valence-electron chi connectivity index (χ2n) is 1.29. The first-order chi connectivity index (χ1) is 3.00. The van der Waals surface area contributed by atoms with Crippen LogP contribution in [0, 0.1) is 0 Å². The second-order valence-corrected chi connectivity index (χ2v) is 3.86. The molecule has 0 saturated carbocycles. The van der Waals surface area contributed by atoms with Gasteiger partial charge in [0.05, 0.1) is 0 Å². The summed E-state index contributed by atoms with van der Waals surface area (Å²) in [6, 6.07) is 0. The zero-order chi connectivity index (χ0) is 4.24. The van der Waals surface area contributed by atoms with E-state index in [1.165, 1.54) is 23.0 Å². The fraction of sp³-hybridized carbons (Fsp3) is 1.00. The van der Waals surface area contributed by atoms with Crippen LogP contribution in [0.25, 0.3) is 0 Å². The predicted molar refractivity (Wildman–Crippen MR) is 40.2 cm³/mol. The van der Waals surface area contributed by atoms with Crippen LogP contribution in [-0.2, 0) is 0 Å². The van der Waals surface area contributed by atoms with Crippen LogP contribution in [0.2, 0.25) is 0 Å². The molecule has 0 aromatic carbocycles. The Labute approximate surface area is 65.4 Å². The van der Waals surface area contributed by atoms with Crippen molar-refractivity contribution in [2.45, 2.75) is 6.42 Å². The molecule has 0 unspecified atom stereocenters. The molecule has 7 heavy (non-hydrogen) atoms. The number of hydrogen-bond donors (Lipinski definition) is 0. The van der Waals surface area contributed by atoms with Crippen LogP contribution in [0.5, 0.6) is 0 Å². The van der Waals surface area contributed by atoms with Gasteiger partial charge in [-0.1, -0.05) is 0 Å². The summed E-state index contributed by atoms with van der Waals surface area (Å²) in [6.07, 6.45) is 1.43. The molecule has 1 aliphatic heterocycles. The van der Waals surface area contributed by atoms with E-state index in [-0.39, 0.29) is 18.9 Å². The van der Waals surface area contributed by atoms with Crippen LogP contribution < -0.4 is 0 Å². The second kappa shape index (κ2) is 5.43. The van der Waals surface area contributed by atoms with Gasteiger partial charge in [-0.05, 0) is 17.9 Å². The summed E-state index contributed by atoms with van der Waals surface area (Å²) in [6.45, 7) is 0. The molecule has 0 N–H and O–H groups in total. The first-order valence-corrected chi connectivity index (χ1v) is 4.46. The normalized spacial score (nSPS) is 20.6. The van der Waals surface area contributed by atoms with E-state index < -0.39 is 0 Å². The monoisotopic (exact) mass is 127 g/mol. The van der Waals surface area contributed by atoms with Crippen LogP contribution >= 0.6 is 23.5 Å². The average Bonchev–Trinajstić information content (AvgIpc) is 1.72. The van der Waals surface area contributed by atoms with Gasteiger partial charge in [0, 0.05) is 23.9 Å². The van der Waals surface area contributed by atoms with Crippen molar-refractivity contribution in [3.05, 3.63) is 0 Å². The van der Waals surface area contributed by atoms with E-state index >= 15 is 0 Å². The van der Waals surface area contributed by atoms with Crippen LogP contribution in [-0.4, -0.2) is 35.5 Å². The first-order valence-electron chi connectivity index (χ1n) is 2.15. The number of thioether (sulfide) groups is 2. The molecule has 0 aliphatic carbocycles. The van der Waals surface area contributed by atoms with Gasteiger partial charge in [-0.3, -0.25) is 0 Å². The molecule has 1 saturated heterocycles. The zero-order valence-electron chi connectivity index (χ0n) is 4.64. The Morgan fingerprint density at radius 3 is 1.71 bits per heavy atom. The van der Waals surface area contributed by atoms with Crippen LogP contribution in [0.15, 0.2) is 0 Å². The summed E-state index contributed by atoms with van der Waals surface area (Å²) in [4.78, 5) is 0. The maximum absolute atomic E-state index is 2.06. The number of hydrogen-bond acceptors (Lipinski definition) is 2. The quantitative estimate of drug-likeness (QED) is 0.451. The minimum Gasteiger partial charge on any atom is -0.151 e. The third-order valence-electron chi connectivity index (χ3n) is 0.744. The molecule has 0 spiro atoms. The van der Waals surface area contributed by atoms with E-state index in [0.717, 1.165) is 0 Å². The van der Waals surface area contributed by atoms with Crippen molar-refractivity contribution in [3.8, 4) is 0 Å². The Balaban J connectivity index is 0.000000360. The smallest absolute Gasteiger partial charge is 0.0392 e. The molecule has 3 heteroatoms. The van der Waals surface area contributed by atoms with Crippen molar-refractivity contribution < 1.29 is 0 Å². The van der Waals surface area contributed by atoms with Gasteiger partial charge in [0.15, 0.2) is 0 Å². The SMILES string of the molecule is C1CSCSC1.[Li]. The molecule has 37 valence electrons. The molecule has 0 atom stereocenters. The maximum Gasteiger partial charge on any atom is 0.0392 e. The van der Waals surface area contributed by atoms with Gasteiger partial charge in [0.25, 0.3) is 0 Å². The maximum atomic E-state index is 2.06. The molecular formula is C4H8LiS2. The minimum absolute atomic E-state index is 0. The Morgan fingerprint density at radius 1 is 1.00 bits per heavy atom. The summed E-state index contributed by atoms with van der Waals surface area (Å²) < 4.78 is 0. The molecule has 0 aromatic heterocycles. The Hall–Kier alpha value is 1.30. The number of rotatable bonds is 0. The fourth-order valence-electron chi connectivity index (χ4n) is 0.440. The third-order valence-corrected chi connectivity index (χ3v) is 3.23. The van der Waals surface area contributed by atoms with Gasteiger partial charge in [-0.25, -0.2) is 0 Å².